The van der Waals surface area contributed by atoms with E-state index in [0.29, 0.717) is 22.4 Å². The molecule has 0 fully saturated rings. The van der Waals surface area contributed by atoms with E-state index in [1.54, 1.807) is 43.6 Å². The maximum absolute atomic E-state index is 12.0. The molecule has 9 nitrogen and oxygen atoms in total. The number of H-pyrrole nitrogens is 1. The number of carbonyl (C=O) groups is 1. The Balaban J connectivity index is 1.71. The van der Waals surface area contributed by atoms with Crippen LogP contribution in [0.1, 0.15) is 5.56 Å². The van der Waals surface area contributed by atoms with Gasteiger partial charge in [0.15, 0.2) is 0 Å². The van der Waals surface area contributed by atoms with Crippen LogP contribution in [0.15, 0.2) is 47.4 Å². The van der Waals surface area contributed by atoms with Crippen LogP contribution in [0.5, 0.6) is 5.75 Å². The number of benzene rings is 1. The van der Waals surface area contributed by atoms with Gasteiger partial charge >= 0.3 is 11.7 Å². The lowest BCUT2D eigenvalue weighted by atomic mass is 10.2. The molecule has 3 aromatic rings. The Hall–Kier alpha value is -3.46. The molecule has 0 radical (unpaired) electrons. The van der Waals surface area contributed by atoms with Crippen molar-refractivity contribution in [2.75, 3.05) is 12.4 Å². The van der Waals surface area contributed by atoms with Gasteiger partial charge in [0.2, 0.25) is 11.7 Å². The summed E-state index contributed by atoms with van der Waals surface area (Å²) in [6.07, 6.45) is 0.770. The first kappa shape index (κ1) is 18.3. The molecule has 27 heavy (non-hydrogen) atoms. The fourth-order valence-corrected chi connectivity index (χ4v) is 2.26. The Morgan fingerprint density at radius 1 is 1.22 bits per heavy atom. The highest BCUT2D eigenvalue weighted by Crippen LogP contribution is 2.17. The van der Waals surface area contributed by atoms with E-state index in [9.17, 15) is 9.59 Å². The third kappa shape index (κ3) is 4.79. The Morgan fingerprint density at radius 2 is 2.00 bits per heavy atom. The second kappa shape index (κ2) is 8.28. The van der Waals surface area contributed by atoms with Gasteiger partial charge < -0.3 is 15.4 Å². The molecule has 3 rings (SSSR count). The van der Waals surface area contributed by atoms with Crippen LogP contribution in [-0.4, -0.2) is 33.3 Å². The zero-order chi connectivity index (χ0) is 19.2. The molecule has 0 unspecified atom stereocenters. The molecule has 0 saturated carbocycles. The highest BCUT2D eigenvalue weighted by molar-refractivity contribution is 6.30. The molecule has 0 atom stereocenters. The third-order valence-corrected chi connectivity index (χ3v) is 3.72. The number of halogens is 1. The van der Waals surface area contributed by atoms with Crippen molar-refractivity contribution in [3.8, 4) is 17.1 Å². The number of ether oxygens (including phenoxy) is 1. The molecule has 0 bridgehead atoms. The molecule has 3 N–H and O–H groups in total. The lowest BCUT2D eigenvalue weighted by Crippen LogP contribution is -2.28. The molecule has 1 amide bonds. The fraction of sp³-hybridized carbons (Fsp3) is 0.118. The Morgan fingerprint density at radius 3 is 2.74 bits per heavy atom. The van der Waals surface area contributed by atoms with Crippen LogP contribution in [0.4, 0.5) is 10.7 Å². The van der Waals surface area contributed by atoms with Crippen molar-refractivity contribution in [3.63, 3.8) is 0 Å². The summed E-state index contributed by atoms with van der Waals surface area (Å²) in [6, 6.07) is 9.92. The predicted octanol–water partition coefficient (Wildman–Crippen LogP) is 2.21. The van der Waals surface area contributed by atoms with Crippen LogP contribution in [0, 0.1) is 0 Å². The first-order valence-corrected chi connectivity index (χ1v) is 8.24. The molecule has 0 saturated heterocycles. The largest absolute Gasteiger partial charge is 0.413 e. The molecule has 2 heterocycles. The minimum atomic E-state index is -0.772. The summed E-state index contributed by atoms with van der Waals surface area (Å²) in [5.74, 6) is 0.196. The van der Waals surface area contributed by atoms with E-state index in [4.69, 9.17) is 16.3 Å². The summed E-state index contributed by atoms with van der Waals surface area (Å²) >= 11 is 5.81. The molecule has 0 aliphatic carbocycles. The number of nitrogens with one attached hydrogen (secondary N) is 3. The number of carbonyl (C=O) groups excluding carboxylic acids is 1. The zero-order valence-electron chi connectivity index (χ0n) is 14.2. The quantitative estimate of drug-likeness (QED) is 0.614. The number of nitrogens with zero attached hydrogens (tertiary/aromatic N) is 3. The zero-order valence-corrected chi connectivity index (χ0v) is 14.9. The maximum atomic E-state index is 12.0. The first-order valence-electron chi connectivity index (χ1n) is 7.86. The van der Waals surface area contributed by atoms with E-state index in [1.165, 1.54) is 6.07 Å². The molecule has 0 aliphatic heterocycles. The van der Waals surface area contributed by atoms with Crippen LogP contribution in [0.3, 0.4) is 0 Å². The van der Waals surface area contributed by atoms with Crippen LogP contribution < -0.4 is 20.9 Å². The number of hydrogen-bond donors (Lipinski definition) is 3. The van der Waals surface area contributed by atoms with Crippen molar-refractivity contribution in [3.05, 3.63) is 63.5 Å². The predicted molar refractivity (Wildman–Crippen MR) is 99.7 cm³/mol. The monoisotopic (exact) mass is 386 g/mol. The van der Waals surface area contributed by atoms with Crippen LogP contribution in [0.25, 0.3) is 11.4 Å². The molecular weight excluding hydrogens is 372 g/mol. The summed E-state index contributed by atoms with van der Waals surface area (Å²) in [7, 11) is 1.68. The van der Waals surface area contributed by atoms with Gasteiger partial charge in [-0.1, -0.05) is 23.7 Å². The Kier molecular flexibility index (Phi) is 5.62. The average molecular weight is 387 g/mol. The number of hydrogen-bond acceptors (Lipinski definition) is 7. The van der Waals surface area contributed by atoms with Crippen LogP contribution >= 0.6 is 11.6 Å². The van der Waals surface area contributed by atoms with E-state index in [1.807, 2.05) is 0 Å². The molecule has 10 heteroatoms. The van der Waals surface area contributed by atoms with E-state index >= 15 is 0 Å². The van der Waals surface area contributed by atoms with Gasteiger partial charge in [0.1, 0.15) is 5.69 Å². The van der Waals surface area contributed by atoms with E-state index in [-0.39, 0.29) is 12.3 Å². The number of rotatable bonds is 5. The minimum Gasteiger partial charge on any atom is -0.404 e. The number of aromatic nitrogens is 4. The molecule has 1 aromatic carbocycles. The lowest BCUT2D eigenvalue weighted by Gasteiger charge is -2.07. The standard InChI is InChI=1S/C17H15ClN6O3/c1-19-16-20-7-6-12(22-16)13-8-14(15(25)24-23-13)27-17(26)21-9-10-2-4-11(18)5-3-10/h2-8H,9H2,1H3,(H,21,26)(H,24,25)(H,19,20,22). The van der Waals surface area contributed by atoms with Gasteiger partial charge in [0.05, 0.1) is 5.69 Å². The van der Waals surface area contributed by atoms with Crippen molar-refractivity contribution in [2.24, 2.45) is 0 Å². The van der Waals surface area contributed by atoms with Gasteiger partial charge in [-0.2, -0.15) is 5.10 Å². The second-order valence-electron chi connectivity index (χ2n) is 5.33. The number of aromatic amines is 1. The van der Waals surface area contributed by atoms with Crippen molar-refractivity contribution in [1.29, 1.82) is 0 Å². The SMILES string of the molecule is CNc1nccc(-c2cc(OC(=O)NCc3ccc(Cl)cc3)c(=O)[nH]n2)n1. The molecule has 0 spiro atoms. The topological polar surface area (TPSA) is 122 Å². The van der Waals surface area contributed by atoms with E-state index in [0.717, 1.165) is 5.56 Å². The van der Waals surface area contributed by atoms with E-state index in [2.05, 4.69) is 30.8 Å². The summed E-state index contributed by atoms with van der Waals surface area (Å²) in [5.41, 5.74) is 0.982. The van der Waals surface area contributed by atoms with Gasteiger partial charge in [0.25, 0.3) is 0 Å². The molecule has 138 valence electrons. The maximum Gasteiger partial charge on any atom is 0.413 e. The van der Waals surface area contributed by atoms with Crippen molar-refractivity contribution in [2.45, 2.75) is 6.54 Å². The van der Waals surface area contributed by atoms with Gasteiger partial charge in [-0.25, -0.2) is 19.9 Å². The summed E-state index contributed by atoms with van der Waals surface area (Å²) < 4.78 is 5.09. The van der Waals surface area contributed by atoms with Crippen molar-refractivity contribution < 1.29 is 9.53 Å². The van der Waals surface area contributed by atoms with Crippen LogP contribution in [-0.2, 0) is 6.54 Å². The smallest absolute Gasteiger partial charge is 0.404 e. The van der Waals surface area contributed by atoms with Crippen LogP contribution in [0.2, 0.25) is 5.02 Å². The average Bonchev–Trinajstić information content (AvgIpc) is 2.69. The highest BCUT2D eigenvalue weighted by Gasteiger charge is 2.12. The summed E-state index contributed by atoms with van der Waals surface area (Å²) in [6.45, 7) is 0.225. The number of anilines is 1. The normalized spacial score (nSPS) is 10.3. The van der Waals surface area contributed by atoms with E-state index < -0.39 is 11.7 Å². The first-order chi connectivity index (χ1) is 13.0. The van der Waals surface area contributed by atoms with Crippen molar-refractivity contribution in [1.82, 2.24) is 25.5 Å². The fourth-order valence-electron chi connectivity index (χ4n) is 2.13. The second-order valence-corrected chi connectivity index (χ2v) is 5.77. The molecule has 2 aromatic heterocycles. The molecular formula is C17H15ClN6O3. The Labute approximate surface area is 158 Å². The van der Waals surface area contributed by atoms with Crippen molar-refractivity contribution >= 4 is 23.6 Å². The lowest BCUT2D eigenvalue weighted by molar-refractivity contribution is 0.199. The number of amides is 1. The van der Waals surface area contributed by atoms with Gasteiger partial charge in [0, 0.05) is 30.9 Å². The van der Waals surface area contributed by atoms with Gasteiger partial charge in [-0.05, 0) is 23.8 Å². The minimum absolute atomic E-state index is 0.196. The molecule has 0 aliphatic rings. The van der Waals surface area contributed by atoms with Gasteiger partial charge in [-0.3, -0.25) is 4.79 Å². The summed E-state index contributed by atoms with van der Waals surface area (Å²) in [5, 5.41) is 12.2. The third-order valence-electron chi connectivity index (χ3n) is 3.46. The highest BCUT2D eigenvalue weighted by atomic mass is 35.5. The van der Waals surface area contributed by atoms with Gasteiger partial charge in [-0.15, -0.1) is 0 Å². The Bertz CT molecular complexity index is 1010. The summed E-state index contributed by atoms with van der Waals surface area (Å²) in [4.78, 5) is 32.1.